The van der Waals surface area contributed by atoms with Crippen LogP contribution in [-0.2, 0) is 6.54 Å². The van der Waals surface area contributed by atoms with Crippen molar-refractivity contribution >= 4 is 5.71 Å². The quantitative estimate of drug-likeness (QED) is 0.863. The molecular weight excluding hydrogens is 289 g/mol. The Hall–Kier alpha value is -2.88. The molecule has 0 amide bonds. The standard InChI is InChI=1S/C19H20FN3/c1-5-6-7-18-13(2)14(3)19(23-22-18)15(4)21-12-16-8-10-17(20)11-9-16/h5-11,21-22H,2-4,12H2,1H3/b6-5-,18-7+. The molecule has 0 atom stereocenters. The van der Waals surface area contributed by atoms with Crippen LogP contribution in [0.5, 0.6) is 0 Å². The van der Waals surface area contributed by atoms with E-state index in [0.29, 0.717) is 18.0 Å². The van der Waals surface area contributed by atoms with Crippen LogP contribution in [0.25, 0.3) is 0 Å². The Morgan fingerprint density at radius 3 is 2.61 bits per heavy atom. The minimum absolute atomic E-state index is 0.251. The normalized spacial score (nSPS) is 16.4. The Bertz CT molecular complexity index is 721. The Morgan fingerprint density at radius 2 is 1.96 bits per heavy atom. The second-order valence-electron chi connectivity index (χ2n) is 5.09. The van der Waals surface area contributed by atoms with Crippen LogP contribution in [0.2, 0.25) is 0 Å². The molecule has 2 N–H and O–H groups in total. The van der Waals surface area contributed by atoms with Crippen LogP contribution in [0.1, 0.15) is 12.5 Å². The number of rotatable bonds is 5. The van der Waals surface area contributed by atoms with E-state index in [2.05, 4.69) is 35.6 Å². The van der Waals surface area contributed by atoms with Crippen LogP contribution in [-0.4, -0.2) is 5.71 Å². The van der Waals surface area contributed by atoms with Gasteiger partial charge >= 0.3 is 0 Å². The Morgan fingerprint density at radius 1 is 1.26 bits per heavy atom. The number of benzene rings is 1. The van der Waals surface area contributed by atoms with E-state index >= 15 is 0 Å². The third-order valence-corrected chi connectivity index (χ3v) is 3.42. The smallest absolute Gasteiger partial charge is 0.123 e. The van der Waals surface area contributed by atoms with Gasteiger partial charge in [0.2, 0.25) is 0 Å². The number of hydrogen-bond donors (Lipinski definition) is 2. The van der Waals surface area contributed by atoms with Gasteiger partial charge in [0.15, 0.2) is 0 Å². The van der Waals surface area contributed by atoms with E-state index in [1.165, 1.54) is 12.1 Å². The van der Waals surface area contributed by atoms with Gasteiger partial charge in [-0.1, -0.05) is 44.0 Å². The number of nitrogens with one attached hydrogen (secondary N) is 2. The Kier molecular flexibility index (Phi) is 5.31. The first-order chi connectivity index (χ1) is 11.0. The molecule has 3 nitrogen and oxygen atoms in total. The topological polar surface area (TPSA) is 36.4 Å². The fourth-order valence-corrected chi connectivity index (χ4v) is 2.03. The molecule has 0 aromatic heterocycles. The SMILES string of the molecule is C=C(NCc1ccc(F)cc1)C1=NN/C(=C/C=C\C)C(=C)C1=C. The van der Waals surface area contributed by atoms with Gasteiger partial charge in [0.25, 0.3) is 0 Å². The van der Waals surface area contributed by atoms with Crippen molar-refractivity contribution in [3.8, 4) is 0 Å². The molecule has 1 aromatic rings. The average Bonchev–Trinajstić information content (AvgIpc) is 2.55. The van der Waals surface area contributed by atoms with E-state index in [-0.39, 0.29) is 5.82 Å². The molecule has 1 aliphatic heterocycles. The lowest BCUT2D eigenvalue weighted by Gasteiger charge is -2.22. The maximum Gasteiger partial charge on any atom is 0.123 e. The number of hydrogen-bond acceptors (Lipinski definition) is 3. The highest BCUT2D eigenvalue weighted by Crippen LogP contribution is 2.22. The van der Waals surface area contributed by atoms with Gasteiger partial charge in [-0.25, -0.2) is 4.39 Å². The summed E-state index contributed by atoms with van der Waals surface area (Å²) in [5.74, 6) is -0.251. The summed E-state index contributed by atoms with van der Waals surface area (Å²) >= 11 is 0. The van der Waals surface area contributed by atoms with Crippen molar-refractivity contribution in [2.45, 2.75) is 13.5 Å². The molecule has 118 valence electrons. The number of halogens is 1. The van der Waals surface area contributed by atoms with Gasteiger partial charge in [-0.05, 0) is 30.7 Å². The molecule has 2 rings (SSSR count). The largest absolute Gasteiger partial charge is 0.380 e. The van der Waals surface area contributed by atoms with Gasteiger partial charge < -0.3 is 5.32 Å². The lowest BCUT2D eigenvalue weighted by molar-refractivity contribution is 0.626. The van der Waals surface area contributed by atoms with Crippen molar-refractivity contribution in [1.29, 1.82) is 0 Å². The molecule has 23 heavy (non-hydrogen) atoms. The molecule has 4 heteroatoms. The average molecular weight is 309 g/mol. The molecule has 0 saturated heterocycles. The van der Waals surface area contributed by atoms with Crippen LogP contribution >= 0.6 is 0 Å². The van der Waals surface area contributed by atoms with E-state index in [1.807, 2.05) is 25.2 Å². The summed E-state index contributed by atoms with van der Waals surface area (Å²) in [7, 11) is 0. The third kappa shape index (κ3) is 4.07. The zero-order valence-corrected chi connectivity index (χ0v) is 13.2. The second-order valence-corrected chi connectivity index (χ2v) is 5.09. The van der Waals surface area contributed by atoms with Crippen molar-refractivity contribution in [3.63, 3.8) is 0 Å². The minimum Gasteiger partial charge on any atom is -0.380 e. The summed E-state index contributed by atoms with van der Waals surface area (Å²) in [5, 5.41) is 7.48. The summed E-state index contributed by atoms with van der Waals surface area (Å²) in [5.41, 5.74) is 7.49. The molecular formula is C19H20FN3. The zero-order valence-electron chi connectivity index (χ0n) is 13.2. The van der Waals surface area contributed by atoms with Crippen LogP contribution in [0, 0.1) is 5.82 Å². The van der Waals surface area contributed by atoms with Crippen LogP contribution < -0.4 is 10.7 Å². The minimum atomic E-state index is -0.251. The van der Waals surface area contributed by atoms with Crippen LogP contribution in [0.4, 0.5) is 4.39 Å². The predicted molar refractivity (Wildman–Crippen MR) is 94.1 cm³/mol. The monoisotopic (exact) mass is 309 g/mol. The van der Waals surface area contributed by atoms with E-state index < -0.39 is 0 Å². The van der Waals surface area contributed by atoms with E-state index in [4.69, 9.17) is 0 Å². The zero-order chi connectivity index (χ0) is 16.8. The predicted octanol–water partition coefficient (Wildman–Crippen LogP) is 3.96. The summed E-state index contributed by atoms with van der Waals surface area (Å²) in [6.07, 6.45) is 5.72. The molecule has 0 bridgehead atoms. The molecule has 0 fully saturated rings. The molecule has 1 aromatic carbocycles. The van der Waals surface area contributed by atoms with Gasteiger partial charge in [0.1, 0.15) is 11.5 Å². The highest BCUT2D eigenvalue weighted by molar-refractivity contribution is 6.15. The van der Waals surface area contributed by atoms with Crippen molar-refractivity contribution in [2.75, 3.05) is 0 Å². The lowest BCUT2D eigenvalue weighted by Crippen LogP contribution is -2.28. The maximum atomic E-state index is 12.9. The Balaban J connectivity index is 2.05. The molecule has 1 aliphatic rings. The third-order valence-electron chi connectivity index (χ3n) is 3.42. The van der Waals surface area contributed by atoms with Gasteiger partial charge in [-0.2, -0.15) is 5.10 Å². The van der Waals surface area contributed by atoms with E-state index in [0.717, 1.165) is 22.4 Å². The first kappa shape index (κ1) is 16.5. The van der Waals surface area contributed by atoms with Gasteiger partial charge in [-0.3, -0.25) is 5.43 Å². The van der Waals surface area contributed by atoms with E-state index in [1.54, 1.807) is 12.1 Å². The fourth-order valence-electron chi connectivity index (χ4n) is 2.03. The van der Waals surface area contributed by atoms with Crippen molar-refractivity contribution in [1.82, 2.24) is 10.7 Å². The molecule has 0 aliphatic carbocycles. The molecule has 0 radical (unpaired) electrons. The summed E-state index contributed by atoms with van der Waals surface area (Å²) in [6, 6.07) is 6.31. The first-order valence-corrected chi connectivity index (χ1v) is 7.26. The van der Waals surface area contributed by atoms with Crippen molar-refractivity contribution < 1.29 is 4.39 Å². The first-order valence-electron chi connectivity index (χ1n) is 7.26. The van der Waals surface area contributed by atoms with Crippen molar-refractivity contribution in [2.24, 2.45) is 5.10 Å². The maximum absolute atomic E-state index is 12.9. The fraction of sp³-hybridized carbons (Fsp3) is 0.105. The van der Waals surface area contributed by atoms with Crippen LogP contribution in [0.3, 0.4) is 0 Å². The Labute approximate surface area is 136 Å². The number of nitrogens with zero attached hydrogens (tertiary/aromatic N) is 1. The summed E-state index contributed by atoms with van der Waals surface area (Å²) < 4.78 is 12.9. The van der Waals surface area contributed by atoms with Crippen molar-refractivity contribution in [3.05, 3.63) is 96.2 Å². The van der Waals surface area contributed by atoms with Gasteiger partial charge in [0, 0.05) is 17.7 Å². The van der Waals surface area contributed by atoms with E-state index in [9.17, 15) is 4.39 Å². The highest BCUT2D eigenvalue weighted by atomic mass is 19.1. The summed E-state index contributed by atoms with van der Waals surface area (Å²) in [6.45, 7) is 14.5. The molecule has 0 spiro atoms. The lowest BCUT2D eigenvalue weighted by atomic mass is 9.98. The highest BCUT2D eigenvalue weighted by Gasteiger charge is 2.19. The summed E-state index contributed by atoms with van der Waals surface area (Å²) in [4.78, 5) is 0. The van der Waals surface area contributed by atoms with Crippen LogP contribution in [0.15, 0.2) is 89.9 Å². The van der Waals surface area contributed by atoms with Gasteiger partial charge in [-0.15, -0.1) is 0 Å². The number of hydrazone groups is 1. The van der Waals surface area contributed by atoms with Gasteiger partial charge in [0.05, 0.1) is 11.4 Å². The molecule has 1 heterocycles. The molecule has 0 saturated carbocycles. The number of allylic oxidation sites excluding steroid dienone is 5. The second kappa shape index (κ2) is 7.40. The molecule has 0 unspecified atom stereocenters.